The first kappa shape index (κ1) is 16.0. The lowest BCUT2D eigenvalue weighted by atomic mass is 10.0. The predicted molar refractivity (Wildman–Crippen MR) is 109 cm³/mol. The van der Waals surface area contributed by atoms with Gasteiger partial charge in [-0.25, -0.2) is 0 Å². The Morgan fingerprint density at radius 2 is 0.769 bits per heavy atom. The Hall–Kier alpha value is -3.52. The van der Waals surface area contributed by atoms with Crippen molar-refractivity contribution in [2.75, 3.05) is 0 Å². The van der Waals surface area contributed by atoms with Crippen molar-refractivity contribution in [1.29, 1.82) is 0 Å². The van der Waals surface area contributed by atoms with Crippen LogP contribution >= 0.6 is 0 Å². The number of hydrogen-bond donors (Lipinski definition) is 0. The van der Waals surface area contributed by atoms with Gasteiger partial charge in [-0.05, 0) is 56.9 Å². The van der Waals surface area contributed by atoms with Crippen molar-refractivity contribution in [3.8, 4) is 11.1 Å². The molecule has 26 heavy (non-hydrogen) atoms. The molecule has 0 spiro atoms. The van der Waals surface area contributed by atoms with Crippen LogP contribution in [0.15, 0.2) is 110 Å². The number of aromatic nitrogens is 2. The normalized spacial score (nSPS) is 10.3. The highest BCUT2D eigenvalue weighted by Gasteiger charge is 1.97. The molecule has 0 aliphatic heterocycles. The first-order valence-corrected chi connectivity index (χ1v) is 8.59. The SMILES string of the molecule is c1cc(-c2ccncc2)ccn1.c1ccc2c(c1)ccc1ccccc12. The quantitative estimate of drug-likeness (QED) is 0.344. The van der Waals surface area contributed by atoms with Crippen LogP contribution in [0, 0.1) is 0 Å². The molecule has 0 saturated heterocycles. The molecule has 0 aliphatic carbocycles. The van der Waals surface area contributed by atoms with Crippen LogP contribution in [-0.2, 0) is 0 Å². The van der Waals surface area contributed by atoms with Gasteiger partial charge in [0, 0.05) is 24.8 Å². The zero-order valence-electron chi connectivity index (χ0n) is 14.3. The lowest BCUT2D eigenvalue weighted by Gasteiger charge is -2.02. The second-order valence-corrected chi connectivity index (χ2v) is 5.98. The minimum absolute atomic E-state index is 1.17. The Labute approximate surface area is 152 Å². The molecule has 5 aromatic rings. The monoisotopic (exact) mass is 334 g/mol. The molecule has 5 rings (SSSR count). The van der Waals surface area contributed by atoms with Gasteiger partial charge >= 0.3 is 0 Å². The number of benzene rings is 3. The Morgan fingerprint density at radius 1 is 0.385 bits per heavy atom. The van der Waals surface area contributed by atoms with E-state index in [9.17, 15) is 0 Å². The van der Waals surface area contributed by atoms with E-state index in [1.165, 1.54) is 32.7 Å². The van der Waals surface area contributed by atoms with E-state index in [0.29, 0.717) is 0 Å². The van der Waals surface area contributed by atoms with E-state index in [4.69, 9.17) is 0 Å². The van der Waals surface area contributed by atoms with Crippen molar-refractivity contribution < 1.29 is 0 Å². The molecule has 0 unspecified atom stereocenters. The molecule has 0 bridgehead atoms. The third-order valence-electron chi connectivity index (χ3n) is 4.35. The summed E-state index contributed by atoms with van der Waals surface area (Å²) in [5.74, 6) is 0. The van der Waals surface area contributed by atoms with Crippen LogP contribution in [0.5, 0.6) is 0 Å². The van der Waals surface area contributed by atoms with E-state index in [-0.39, 0.29) is 0 Å². The maximum Gasteiger partial charge on any atom is 0.0273 e. The van der Waals surface area contributed by atoms with Gasteiger partial charge in [-0.1, -0.05) is 60.7 Å². The van der Waals surface area contributed by atoms with Crippen molar-refractivity contribution in [2.24, 2.45) is 0 Å². The zero-order chi connectivity index (χ0) is 17.6. The van der Waals surface area contributed by atoms with Gasteiger partial charge in [-0.2, -0.15) is 0 Å². The van der Waals surface area contributed by atoms with E-state index < -0.39 is 0 Å². The van der Waals surface area contributed by atoms with Crippen LogP contribution in [0.1, 0.15) is 0 Å². The van der Waals surface area contributed by atoms with Crippen molar-refractivity contribution in [2.45, 2.75) is 0 Å². The molecule has 0 radical (unpaired) electrons. The summed E-state index contributed by atoms with van der Waals surface area (Å²) in [7, 11) is 0. The molecule has 0 saturated carbocycles. The lowest BCUT2D eigenvalue weighted by molar-refractivity contribution is 1.31. The van der Waals surface area contributed by atoms with Gasteiger partial charge in [0.1, 0.15) is 0 Å². The highest BCUT2D eigenvalue weighted by molar-refractivity contribution is 6.07. The topological polar surface area (TPSA) is 25.8 Å². The minimum Gasteiger partial charge on any atom is -0.265 e. The van der Waals surface area contributed by atoms with Crippen LogP contribution < -0.4 is 0 Å². The number of nitrogens with zero attached hydrogens (tertiary/aromatic N) is 2. The Morgan fingerprint density at radius 3 is 1.19 bits per heavy atom. The Balaban J connectivity index is 0.000000131. The molecule has 124 valence electrons. The maximum absolute atomic E-state index is 3.96. The van der Waals surface area contributed by atoms with Crippen LogP contribution in [-0.4, -0.2) is 9.97 Å². The predicted octanol–water partition coefficient (Wildman–Crippen LogP) is 6.14. The summed E-state index contributed by atoms with van der Waals surface area (Å²) >= 11 is 0. The van der Waals surface area contributed by atoms with E-state index in [1.54, 1.807) is 24.8 Å². The fraction of sp³-hybridized carbons (Fsp3) is 0. The molecular formula is C24H18N2. The van der Waals surface area contributed by atoms with E-state index in [1.807, 2.05) is 24.3 Å². The van der Waals surface area contributed by atoms with E-state index >= 15 is 0 Å². The molecule has 3 aromatic carbocycles. The van der Waals surface area contributed by atoms with Crippen LogP contribution in [0.3, 0.4) is 0 Å². The highest BCUT2D eigenvalue weighted by atomic mass is 14.6. The van der Waals surface area contributed by atoms with Gasteiger partial charge in [0.2, 0.25) is 0 Å². The smallest absolute Gasteiger partial charge is 0.0273 e. The number of pyridine rings is 2. The van der Waals surface area contributed by atoms with Gasteiger partial charge in [0.25, 0.3) is 0 Å². The summed E-state index contributed by atoms with van der Waals surface area (Å²) < 4.78 is 0. The summed E-state index contributed by atoms with van der Waals surface area (Å²) in [6, 6.07) is 29.3. The fourth-order valence-electron chi connectivity index (χ4n) is 3.04. The van der Waals surface area contributed by atoms with Gasteiger partial charge in [0.05, 0.1) is 0 Å². The molecule has 2 heterocycles. The molecule has 0 fully saturated rings. The first-order chi connectivity index (χ1) is 12.9. The molecule has 0 aliphatic rings. The minimum atomic E-state index is 1.17. The zero-order valence-corrected chi connectivity index (χ0v) is 14.3. The average molecular weight is 334 g/mol. The first-order valence-electron chi connectivity index (χ1n) is 8.59. The van der Waals surface area contributed by atoms with E-state index in [2.05, 4.69) is 70.6 Å². The molecule has 0 N–H and O–H groups in total. The standard InChI is InChI=1S/C14H10.C10H8N2/c1-3-7-13-11(5-1)9-10-12-6-2-4-8-14(12)13;1-5-11-6-2-9(1)10-3-7-12-8-4-10/h1-10H;1-8H. The van der Waals surface area contributed by atoms with Crippen molar-refractivity contribution in [3.63, 3.8) is 0 Å². The van der Waals surface area contributed by atoms with Crippen molar-refractivity contribution in [3.05, 3.63) is 110 Å². The summed E-state index contributed by atoms with van der Waals surface area (Å²) in [5.41, 5.74) is 2.35. The molecule has 2 nitrogen and oxygen atoms in total. The molecule has 2 heteroatoms. The van der Waals surface area contributed by atoms with Crippen LogP contribution in [0.2, 0.25) is 0 Å². The second kappa shape index (κ2) is 7.58. The van der Waals surface area contributed by atoms with Gasteiger partial charge in [-0.15, -0.1) is 0 Å². The third kappa shape index (κ3) is 3.45. The van der Waals surface area contributed by atoms with Crippen LogP contribution in [0.25, 0.3) is 32.7 Å². The molecular weight excluding hydrogens is 316 g/mol. The van der Waals surface area contributed by atoms with Crippen LogP contribution in [0.4, 0.5) is 0 Å². The van der Waals surface area contributed by atoms with Gasteiger partial charge in [0.15, 0.2) is 0 Å². The Bertz CT molecular complexity index is 1030. The molecule has 0 amide bonds. The summed E-state index contributed by atoms with van der Waals surface area (Å²) in [6.07, 6.45) is 7.15. The van der Waals surface area contributed by atoms with Gasteiger partial charge < -0.3 is 0 Å². The van der Waals surface area contributed by atoms with Crippen molar-refractivity contribution in [1.82, 2.24) is 9.97 Å². The fourth-order valence-corrected chi connectivity index (χ4v) is 3.04. The molecule has 0 atom stereocenters. The third-order valence-corrected chi connectivity index (χ3v) is 4.35. The van der Waals surface area contributed by atoms with Gasteiger partial charge in [-0.3, -0.25) is 9.97 Å². The average Bonchev–Trinajstić information content (AvgIpc) is 2.75. The summed E-state index contributed by atoms with van der Waals surface area (Å²) in [4.78, 5) is 7.91. The summed E-state index contributed by atoms with van der Waals surface area (Å²) in [5, 5.41) is 5.30. The number of fused-ring (bicyclic) bond motifs is 3. The Kier molecular flexibility index (Phi) is 4.66. The second-order valence-electron chi connectivity index (χ2n) is 5.98. The van der Waals surface area contributed by atoms with Crippen molar-refractivity contribution >= 4 is 21.5 Å². The lowest BCUT2D eigenvalue weighted by Crippen LogP contribution is -1.77. The largest absolute Gasteiger partial charge is 0.265 e. The number of rotatable bonds is 1. The molecule has 2 aromatic heterocycles. The highest BCUT2D eigenvalue weighted by Crippen LogP contribution is 2.24. The maximum atomic E-state index is 3.96. The summed E-state index contributed by atoms with van der Waals surface area (Å²) in [6.45, 7) is 0. The van der Waals surface area contributed by atoms with E-state index in [0.717, 1.165) is 0 Å². The number of hydrogen-bond acceptors (Lipinski definition) is 2.